The van der Waals surface area contributed by atoms with E-state index < -0.39 is 15.7 Å². The van der Waals surface area contributed by atoms with E-state index in [1.54, 1.807) is 36.9 Å². The second kappa shape index (κ2) is 11.6. The molecule has 0 saturated carbocycles. The van der Waals surface area contributed by atoms with Crippen LogP contribution in [0, 0.1) is 11.7 Å². The molecule has 6 aromatic rings. The van der Waals surface area contributed by atoms with Crippen LogP contribution >= 0.6 is 0 Å². The highest BCUT2D eigenvalue weighted by Crippen LogP contribution is 2.32. The van der Waals surface area contributed by atoms with Crippen molar-refractivity contribution >= 4 is 43.5 Å². The van der Waals surface area contributed by atoms with Gasteiger partial charge < -0.3 is 10.3 Å². The predicted octanol–water partition coefficient (Wildman–Crippen LogP) is 5.34. The number of fused-ring (bicyclic) bond motifs is 2. The number of sulfone groups is 1. The van der Waals surface area contributed by atoms with E-state index >= 15 is 0 Å². The fourth-order valence-corrected chi connectivity index (χ4v) is 5.59. The molecule has 0 aliphatic carbocycles. The monoisotopic (exact) mass is 612 g/mol. The minimum Gasteiger partial charge on any atom is -0.337 e. The summed E-state index contributed by atoms with van der Waals surface area (Å²) in [6, 6.07) is 9.96. The molecule has 224 valence electrons. The molecule has 6 rings (SSSR count). The Kier molecular flexibility index (Phi) is 7.64. The maximum absolute atomic E-state index is 14.6. The van der Waals surface area contributed by atoms with Crippen LogP contribution in [0.4, 0.5) is 10.1 Å². The lowest BCUT2D eigenvalue weighted by molar-refractivity contribution is -0.116. The third kappa shape index (κ3) is 6.32. The first-order valence-corrected chi connectivity index (χ1v) is 16.0. The third-order valence-electron chi connectivity index (χ3n) is 6.99. The Morgan fingerprint density at radius 1 is 1.02 bits per heavy atom. The van der Waals surface area contributed by atoms with Crippen LogP contribution in [0.15, 0.2) is 61.2 Å². The van der Waals surface area contributed by atoms with Crippen LogP contribution in [0.1, 0.15) is 25.8 Å². The normalized spacial score (nSPS) is 11.9. The van der Waals surface area contributed by atoms with Crippen LogP contribution in [0.5, 0.6) is 0 Å². The van der Waals surface area contributed by atoms with E-state index in [1.807, 2.05) is 26.0 Å². The van der Waals surface area contributed by atoms with Gasteiger partial charge >= 0.3 is 0 Å². The molecule has 0 atom stereocenters. The van der Waals surface area contributed by atoms with E-state index in [2.05, 4.69) is 35.5 Å². The number of halogens is 1. The largest absolute Gasteiger partial charge is 0.337 e. The predicted molar refractivity (Wildman–Crippen MR) is 167 cm³/mol. The molecular weight excluding hydrogens is 583 g/mol. The Labute approximate surface area is 252 Å². The summed E-state index contributed by atoms with van der Waals surface area (Å²) in [5.41, 5.74) is 5.90. The van der Waals surface area contributed by atoms with E-state index in [1.165, 1.54) is 12.1 Å². The van der Waals surface area contributed by atoms with Gasteiger partial charge in [0.15, 0.2) is 11.5 Å². The molecule has 5 aromatic heterocycles. The number of amides is 1. The minimum atomic E-state index is -3.21. The zero-order valence-corrected chi connectivity index (χ0v) is 25.0. The number of carbonyl (C=O) groups excluding carboxylic acids is 1. The average molecular weight is 613 g/mol. The fourth-order valence-electron chi connectivity index (χ4n) is 4.99. The molecule has 1 aromatic carbocycles. The van der Waals surface area contributed by atoms with Gasteiger partial charge in [-0.15, -0.1) is 0 Å². The maximum atomic E-state index is 14.6. The number of benzene rings is 1. The van der Waals surface area contributed by atoms with Gasteiger partial charge in [0.1, 0.15) is 26.9 Å². The van der Waals surface area contributed by atoms with E-state index in [0.29, 0.717) is 62.5 Å². The quantitative estimate of drug-likeness (QED) is 0.197. The minimum absolute atomic E-state index is 0.0771. The summed E-state index contributed by atoms with van der Waals surface area (Å²) in [4.78, 5) is 33.7. The first-order chi connectivity index (χ1) is 21.0. The Hall–Kier alpha value is -5.04. The Morgan fingerprint density at radius 2 is 1.84 bits per heavy atom. The summed E-state index contributed by atoms with van der Waals surface area (Å²) in [6.07, 6.45) is 8.34. The van der Waals surface area contributed by atoms with Crippen molar-refractivity contribution in [1.29, 1.82) is 0 Å². The van der Waals surface area contributed by atoms with Crippen LogP contribution in [0.2, 0.25) is 0 Å². The number of carbonyl (C=O) groups is 1. The molecule has 0 saturated heterocycles. The number of aryl methyl sites for hydroxylation is 1. The second-order valence-corrected chi connectivity index (χ2v) is 13.4. The lowest BCUT2D eigenvalue weighted by Crippen LogP contribution is -2.13. The number of hydrogen-bond donors (Lipinski definition) is 3. The molecular formula is C31H29FN8O3S. The second-order valence-electron chi connectivity index (χ2n) is 11.2. The third-order valence-corrected chi connectivity index (χ3v) is 7.93. The number of aromatic nitrogens is 7. The molecule has 11 nitrogen and oxygen atoms in total. The molecule has 0 aliphatic heterocycles. The number of rotatable bonds is 9. The zero-order valence-electron chi connectivity index (χ0n) is 24.2. The summed E-state index contributed by atoms with van der Waals surface area (Å²) in [5, 5.41) is 11.0. The summed E-state index contributed by atoms with van der Waals surface area (Å²) in [7, 11) is -3.21. The van der Waals surface area contributed by atoms with E-state index in [-0.39, 0.29) is 24.0 Å². The maximum Gasteiger partial charge on any atom is 0.224 e. The number of hydrogen-bond acceptors (Lipinski definition) is 8. The van der Waals surface area contributed by atoms with E-state index in [9.17, 15) is 17.6 Å². The highest BCUT2D eigenvalue weighted by atomic mass is 32.2. The molecule has 0 bridgehead atoms. The smallest absolute Gasteiger partial charge is 0.224 e. The van der Waals surface area contributed by atoms with Crippen LogP contribution in [0.25, 0.3) is 56.0 Å². The molecule has 44 heavy (non-hydrogen) atoms. The summed E-state index contributed by atoms with van der Waals surface area (Å²) >= 11 is 0. The number of anilines is 1. The molecule has 1 amide bonds. The van der Waals surface area contributed by atoms with E-state index in [4.69, 9.17) is 4.98 Å². The Morgan fingerprint density at radius 3 is 2.64 bits per heavy atom. The van der Waals surface area contributed by atoms with Gasteiger partial charge in [0, 0.05) is 48.0 Å². The number of nitrogens with one attached hydrogen (secondary N) is 3. The van der Waals surface area contributed by atoms with Gasteiger partial charge in [0.05, 0.1) is 34.2 Å². The van der Waals surface area contributed by atoms with E-state index in [0.717, 1.165) is 17.4 Å². The van der Waals surface area contributed by atoms with Crippen molar-refractivity contribution < 1.29 is 17.6 Å². The topological polar surface area (TPSA) is 159 Å². The number of pyridine rings is 3. The van der Waals surface area contributed by atoms with Crippen molar-refractivity contribution in [3.8, 4) is 33.9 Å². The molecule has 0 fully saturated rings. The lowest BCUT2D eigenvalue weighted by atomic mass is 10.0. The van der Waals surface area contributed by atoms with Gasteiger partial charge in [-0.1, -0.05) is 13.8 Å². The Balaban J connectivity index is 1.36. The number of H-pyrrole nitrogens is 2. The Bertz CT molecular complexity index is 2140. The molecule has 3 N–H and O–H groups in total. The summed E-state index contributed by atoms with van der Waals surface area (Å²) in [5.74, 6) is 0.0669. The molecule has 0 radical (unpaired) electrons. The molecule has 0 unspecified atom stereocenters. The van der Waals surface area contributed by atoms with Crippen molar-refractivity contribution in [1.82, 2.24) is 35.1 Å². The number of aromatic amines is 2. The highest BCUT2D eigenvalue weighted by Gasteiger charge is 2.18. The van der Waals surface area contributed by atoms with Crippen molar-refractivity contribution in [2.45, 2.75) is 26.7 Å². The van der Waals surface area contributed by atoms with Gasteiger partial charge in [-0.25, -0.2) is 22.8 Å². The highest BCUT2D eigenvalue weighted by molar-refractivity contribution is 7.90. The first-order valence-electron chi connectivity index (χ1n) is 13.9. The van der Waals surface area contributed by atoms with Crippen LogP contribution in [-0.2, 0) is 21.1 Å². The average Bonchev–Trinajstić information content (AvgIpc) is 3.59. The van der Waals surface area contributed by atoms with Gasteiger partial charge in [-0.05, 0) is 54.3 Å². The summed E-state index contributed by atoms with van der Waals surface area (Å²) < 4.78 is 37.9. The zero-order chi connectivity index (χ0) is 31.0. The van der Waals surface area contributed by atoms with Crippen LogP contribution in [-0.4, -0.2) is 61.5 Å². The molecule has 0 aliphatic rings. The number of nitrogens with zero attached hydrogens (tertiary/aromatic N) is 5. The molecule has 5 heterocycles. The van der Waals surface area contributed by atoms with Gasteiger partial charge in [-0.3, -0.25) is 19.9 Å². The molecule has 0 spiro atoms. The van der Waals surface area contributed by atoms with Crippen LogP contribution < -0.4 is 5.32 Å². The van der Waals surface area contributed by atoms with Crippen molar-refractivity contribution in [2.75, 3.05) is 17.3 Å². The van der Waals surface area contributed by atoms with Gasteiger partial charge in [0.2, 0.25) is 5.91 Å². The van der Waals surface area contributed by atoms with Gasteiger partial charge in [-0.2, -0.15) is 5.10 Å². The van der Waals surface area contributed by atoms with Crippen LogP contribution in [0.3, 0.4) is 0 Å². The van der Waals surface area contributed by atoms with Crippen molar-refractivity contribution in [2.24, 2.45) is 5.92 Å². The van der Waals surface area contributed by atoms with Crippen molar-refractivity contribution in [3.63, 3.8) is 0 Å². The number of imidazole rings is 1. The SMILES string of the molecule is CC(C)CC(=O)Nc1cncc(-c2cnc3n[nH]c(-c4nc5c(-c6cc(F)cc(CCS(C)(=O)=O)c6)nccc5[nH]4)c3c2)c1. The molecule has 13 heteroatoms. The lowest BCUT2D eigenvalue weighted by Gasteiger charge is -2.08. The van der Waals surface area contributed by atoms with Gasteiger partial charge in [0.25, 0.3) is 0 Å². The summed E-state index contributed by atoms with van der Waals surface area (Å²) in [6.45, 7) is 3.97. The fraction of sp³-hybridized carbons (Fsp3) is 0.226. The first kappa shape index (κ1) is 29.1. The van der Waals surface area contributed by atoms with Crippen molar-refractivity contribution in [3.05, 3.63) is 72.6 Å². The standard InChI is InChI=1S/C31H29FN8O3S/c1-17(2)8-26(41)36-23-12-20(14-33-16-23)21-13-24-28(39-40-30(24)35-15-21)31-37-25-4-6-34-27(29(25)38-31)19-9-18(10-22(32)11-19)5-7-44(3,42)43/h4,6,9-17H,5,7-8H2,1-3H3,(H,36,41)(H,37,38)(H,35,39,40).